The van der Waals surface area contributed by atoms with Crippen molar-refractivity contribution in [3.05, 3.63) is 75.6 Å². The number of ether oxygens (including phenoxy) is 1. The highest BCUT2D eigenvalue weighted by molar-refractivity contribution is 6.30. The molecule has 0 bridgehead atoms. The molecule has 0 amide bonds. The van der Waals surface area contributed by atoms with E-state index in [0.29, 0.717) is 23.0 Å². The molecule has 0 saturated heterocycles. The van der Waals surface area contributed by atoms with Gasteiger partial charge in [0, 0.05) is 22.5 Å². The average molecular weight is 287 g/mol. The van der Waals surface area contributed by atoms with Gasteiger partial charge in [0.25, 0.3) is 0 Å². The molecule has 0 saturated carbocycles. The summed E-state index contributed by atoms with van der Waals surface area (Å²) in [5.74, 6) is 0.645. The van der Waals surface area contributed by atoms with Gasteiger partial charge in [-0.3, -0.25) is 0 Å². The maximum atomic E-state index is 11.2. The van der Waals surface area contributed by atoms with Gasteiger partial charge < -0.3 is 9.15 Å². The van der Waals surface area contributed by atoms with Crippen LogP contribution in [0.1, 0.15) is 5.56 Å². The van der Waals surface area contributed by atoms with E-state index in [4.69, 9.17) is 20.8 Å². The lowest BCUT2D eigenvalue weighted by atomic mass is 10.2. The van der Waals surface area contributed by atoms with Crippen LogP contribution in [0, 0.1) is 0 Å². The van der Waals surface area contributed by atoms with Crippen molar-refractivity contribution in [2.45, 2.75) is 6.61 Å². The number of benzene rings is 2. The van der Waals surface area contributed by atoms with Crippen molar-refractivity contribution < 1.29 is 9.15 Å². The van der Waals surface area contributed by atoms with Crippen LogP contribution in [0.15, 0.2) is 63.8 Å². The Labute approximate surface area is 120 Å². The van der Waals surface area contributed by atoms with E-state index in [1.165, 1.54) is 6.07 Å². The summed E-state index contributed by atoms with van der Waals surface area (Å²) in [4.78, 5) is 11.2. The van der Waals surface area contributed by atoms with Gasteiger partial charge >= 0.3 is 5.63 Å². The van der Waals surface area contributed by atoms with E-state index in [2.05, 4.69) is 0 Å². The Balaban J connectivity index is 1.82. The lowest BCUT2D eigenvalue weighted by Crippen LogP contribution is -1.97. The van der Waals surface area contributed by atoms with Crippen LogP contribution in [0.25, 0.3) is 11.0 Å². The number of fused-ring (bicyclic) bond motifs is 1. The molecule has 1 heterocycles. The van der Waals surface area contributed by atoms with E-state index in [9.17, 15) is 4.79 Å². The Morgan fingerprint density at radius 3 is 2.75 bits per heavy atom. The standard InChI is InChI=1S/C16H11ClO3/c17-13-3-1-2-11(8-13)10-19-14-6-4-12-5-7-16(18)20-15(12)9-14/h1-9H,10H2. The van der Waals surface area contributed by atoms with Gasteiger partial charge in [0.1, 0.15) is 17.9 Å². The Morgan fingerprint density at radius 1 is 1.05 bits per heavy atom. The first-order valence-corrected chi connectivity index (χ1v) is 6.50. The van der Waals surface area contributed by atoms with Crippen LogP contribution >= 0.6 is 11.6 Å². The molecular formula is C16H11ClO3. The highest BCUT2D eigenvalue weighted by Crippen LogP contribution is 2.21. The maximum absolute atomic E-state index is 11.2. The Morgan fingerprint density at radius 2 is 1.90 bits per heavy atom. The zero-order valence-corrected chi connectivity index (χ0v) is 11.3. The topological polar surface area (TPSA) is 39.4 Å². The fourth-order valence-electron chi connectivity index (χ4n) is 1.92. The van der Waals surface area contributed by atoms with E-state index in [0.717, 1.165) is 10.9 Å². The molecule has 0 fully saturated rings. The highest BCUT2D eigenvalue weighted by Gasteiger charge is 2.01. The maximum Gasteiger partial charge on any atom is 0.336 e. The van der Waals surface area contributed by atoms with Gasteiger partial charge in [0.2, 0.25) is 0 Å². The van der Waals surface area contributed by atoms with E-state index in [1.807, 2.05) is 36.4 Å². The number of hydrogen-bond acceptors (Lipinski definition) is 3. The average Bonchev–Trinajstić information content (AvgIpc) is 2.45. The molecule has 2 aromatic carbocycles. The van der Waals surface area contributed by atoms with Crippen molar-refractivity contribution in [3.63, 3.8) is 0 Å². The summed E-state index contributed by atoms with van der Waals surface area (Å²) < 4.78 is 10.8. The summed E-state index contributed by atoms with van der Waals surface area (Å²) in [6.45, 7) is 0.406. The molecule has 0 N–H and O–H groups in total. The number of halogens is 1. The minimum atomic E-state index is -0.371. The predicted octanol–water partition coefficient (Wildman–Crippen LogP) is 4.03. The minimum Gasteiger partial charge on any atom is -0.489 e. The van der Waals surface area contributed by atoms with Gasteiger partial charge in [0.15, 0.2) is 0 Å². The molecule has 0 unspecified atom stereocenters. The monoisotopic (exact) mass is 286 g/mol. The summed E-state index contributed by atoms with van der Waals surface area (Å²) in [6.07, 6.45) is 0. The molecule has 3 rings (SSSR count). The lowest BCUT2D eigenvalue weighted by molar-refractivity contribution is 0.306. The van der Waals surface area contributed by atoms with Crippen molar-refractivity contribution in [1.82, 2.24) is 0 Å². The fourth-order valence-corrected chi connectivity index (χ4v) is 2.14. The van der Waals surface area contributed by atoms with Crippen molar-refractivity contribution in [3.8, 4) is 5.75 Å². The Bertz CT molecular complexity index is 808. The van der Waals surface area contributed by atoms with Gasteiger partial charge in [0.05, 0.1) is 0 Å². The minimum absolute atomic E-state index is 0.371. The fraction of sp³-hybridized carbons (Fsp3) is 0.0625. The van der Waals surface area contributed by atoms with E-state index < -0.39 is 0 Å². The molecule has 3 aromatic rings. The zero-order chi connectivity index (χ0) is 13.9. The van der Waals surface area contributed by atoms with Crippen LogP contribution in [0.3, 0.4) is 0 Å². The van der Waals surface area contributed by atoms with Gasteiger partial charge in [-0.1, -0.05) is 23.7 Å². The van der Waals surface area contributed by atoms with E-state index in [-0.39, 0.29) is 5.63 Å². The van der Waals surface area contributed by atoms with Crippen LogP contribution in [-0.2, 0) is 6.61 Å². The quantitative estimate of drug-likeness (QED) is 0.683. The van der Waals surface area contributed by atoms with Crippen LogP contribution in [0.4, 0.5) is 0 Å². The largest absolute Gasteiger partial charge is 0.489 e. The van der Waals surface area contributed by atoms with Crippen LogP contribution in [0.5, 0.6) is 5.75 Å². The Hall–Kier alpha value is -2.26. The van der Waals surface area contributed by atoms with Gasteiger partial charge in [-0.15, -0.1) is 0 Å². The molecule has 100 valence electrons. The number of hydrogen-bond donors (Lipinski definition) is 0. The first-order chi connectivity index (χ1) is 9.70. The first kappa shape index (κ1) is 12.8. The summed E-state index contributed by atoms with van der Waals surface area (Å²) in [5, 5.41) is 1.54. The van der Waals surface area contributed by atoms with E-state index >= 15 is 0 Å². The summed E-state index contributed by atoms with van der Waals surface area (Å²) in [6, 6.07) is 16.0. The molecule has 0 aliphatic heterocycles. The summed E-state index contributed by atoms with van der Waals surface area (Å²) in [7, 11) is 0. The third-order valence-electron chi connectivity index (χ3n) is 2.89. The van der Waals surface area contributed by atoms with Crippen LogP contribution < -0.4 is 10.4 Å². The van der Waals surface area contributed by atoms with Crippen molar-refractivity contribution in [2.24, 2.45) is 0 Å². The summed E-state index contributed by atoms with van der Waals surface area (Å²) in [5.41, 5.74) is 1.12. The summed E-state index contributed by atoms with van der Waals surface area (Å²) >= 11 is 5.92. The second-order valence-electron chi connectivity index (χ2n) is 4.37. The van der Waals surface area contributed by atoms with Crippen molar-refractivity contribution in [2.75, 3.05) is 0 Å². The van der Waals surface area contributed by atoms with Crippen LogP contribution in [0.2, 0.25) is 5.02 Å². The second kappa shape index (κ2) is 5.39. The van der Waals surface area contributed by atoms with Gasteiger partial charge in [-0.2, -0.15) is 0 Å². The van der Waals surface area contributed by atoms with E-state index in [1.54, 1.807) is 12.1 Å². The Kier molecular flexibility index (Phi) is 3.44. The third kappa shape index (κ3) is 2.83. The molecule has 0 radical (unpaired) electrons. The molecule has 0 aliphatic rings. The molecule has 0 atom stereocenters. The van der Waals surface area contributed by atoms with Gasteiger partial charge in [-0.05, 0) is 35.9 Å². The normalized spacial score (nSPS) is 10.7. The molecular weight excluding hydrogens is 276 g/mol. The second-order valence-corrected chi connectivity index (χ2v) is 4.81. The predicted molar refractivity (Wildman–Crippen MR) is 78.3 cm³/mol. The SMILES string of the molecule is O=c1ccc2ccc(OCc3cccc(Cl)c3)cc2o1. The molecule has 4 heteroatoms. The van der Waals surface area contributed by atoms with Crippen LogP contribution in [-0.4, -0.2) is 0 Å². The molecule has 0 spiro atoms. The zero-order valence-electron chi connectivity index (χ0n) is 10.5. The van der Waals surface area contributed by atoms with Crippen molar-refractivity contribution in [1.29, 1.82) is 0 Å². The molecule has 0 aliphatic carbocycles. The third-order valence-corrected chi connectivity index (χ3v) is 3.12. The van der Waals surface area contributed by atoms with Crippen molar-refractivity contribution >= 4 is 22.6 Å². The van der Waals surface area contributed by atoms with Gasteiger partial charge in [-0.25, -0.2) is 4.79 Å². The smallest absolute Gasteiger partial charge is 0.336 e. The molecule has 3 nitrogen and oxygen atoms in total. The molecule has 1 aromatic heterocycles. The molecule has 20 heavy (non-hydrogen) atoms. The highest BCUT2D eigenvalue weighted by atomic mass is 35.5. The number of rotatable bonds is 3. The first-order valence-electron chi connectivity index (χ1n) is 6.12. The lowest BCUT2D eigenvalue weighted by Gasteiger charge is -2.07.